The van der Waals surface area contributed by atoms with Gasteiger partial charge in [-0.1, -0.05) is 6.92 Å². The van der Waals surface area contributed by atoms with E-state index in [9.17, 15) is 4.79 Å². The number of halogens is 2. The zero-order valence-electron chi connectivity index (χ0n) is 12.6. The van der Waals surface area contributed by atoms with Crippen LogP contribution in [0.4, 0.5) is 0 Å². The number of rotatable bonds is 2. The quantitative estimate of drug-likeness (QED) is 0.806. The molecule has 3 fully saturated rings. The SMILES string of the molecule is CC1CN(C(=O)[C@@H]2CCCN2)CC1N1CCOCC1.Cl.Cl. The molecule has 3 aliphatic rings. The van der Waals surface area contributed by atoms with Gasteiger partial charge in [0.1, 0.15) is 0 Å². The van der Waals surface area contributed by atoms with Crippen LogP contribution < -0.4 is 5.32 Å². The lowest BCUT2D eigenvalue weighted by Crippen LogP contribution is -2.48. The third-order valence-electron chi connectivity index (χ3n) is 4.76. The van der Waals surface area contributed by atoms with Crippen LogP contribution in [-0.2, 0) is 9.53 Å². The van der Waals surface area contributed by atoms with Gasteiger partial charge in [-0.3, -0.25) is 9.69 Å². The maximum absolute atomic E-state index is 12.4. The summed E-state index contributed by atoms with van der Waals surface area (Å²) in [6.07, 6.45) is 2.14. The van der Waals surface area contributed by atoms with Crippen molar-refractivity contribution in [3.63, 3.8) is 0 Å². The third-order valence-corrected chi connectivity index (χ3v) is 4.76. The fraction of sp³-hybridized carbons (Fsp3) is 0.929. The molecule has 0 spiro atoms. The molecule has 0 aromatic carbocycles. The van der Waals surface area contributed by atoms with Gasteiger partial charge < -0.3 is 15.0 Å². The highest BCUT2D eigenvalue weighted by molar-refractivity contribution is 5.85. The second kappa shape index (κ2) is 8.53. The number of carbonyl (C=O) groups is 1. The van der Waals surface area contributed by atoms with Gasteiger partial charge in [-0.25, -0.2) is 0 Å². The number of amides is 1. The van der Waals surface area contributed by atoms with E-state index in [1.165, 1.54) is 0 Å². The van der Waals surface area contributed by atoms with Crippen molar-refractivity contribution in [3.05, 3.63) is 0 Å². The second-order valence-electron chi connectivity index (χ2n) is 6.09. The van der Waals surface area contributed by atoms with Crippen LogP contribution in [0.1, 0.15) is 19.8 Å². The Labute approximate surface area is 139 Å². The number of nitrogens with zero attached hydrogens (tertiary/aromatic N) is 2. The molecule has 124 valence electrons. The lowest BCUT2D eigenvalue weighted by molar-refractivity contribution is -0.132. The van der Waals surface area contributed by atoms with Crippen LogP contribution >= 0.6 is 24.8 Å². The van der Waals surface area contributed by atoms with E-state index >= 15 is 0 Å². The first kappa shape index (κ1) is 19.0. The Morgan fingerprint density at radius 1 is 1.19 bits per heavy atom. The van der Waals surface area contributed by atoms with Crippen LogP contribution in [0.25, 0.3) is 0 Å². The summed E-state index contributed by atoms with van der Waals surface area (Å²) in [6, 6.07) is 0.602. The summed E-state index contributed by atoms with van der Waals surface area (Å²) in [4.78, 5) is 17.0. The van der Waals surface area contributed by atoms with E-state index in [4.69, 9.17) is 4.74 Å². The second-order valence-corrected chi connectivity index (χ2v) is 6.09. The maximum atomic E-state index is 12.4. The van der Waals surface area contributed by atoms with Gasteiger partial charge in [0, 0.05) is 32.2 Å². The van der Waals surface area contributed by atoms with E-state index in [1.807, 2.05) is 0 Å². The average molecular weight is 340 g/mol. The van der Waals surface area contributed by atoms with Crippen LogP contribution in [-0.4, -0.2) is 73.7 Å². The molecule has 3 atom stereocenters. The van der Waals surface area contributed by atoms with Crippen LogP contribution in [0, 0.1) is 5.92 Å². The molecule has 0 aromatic rings. The monoisotopic (exact) mass is 339 g/mol. The standard InChI is InChI=1S/C14H25N3O2.2ClH/c1-11-9-17(14(18)12-3-2-4-15-12)10-13(11)16-5-7-19-8-6-16;;/h11-13,15H,2-10H2,1H3;2*1H/t11?,12-,13?;;/m0../s1. The fourth-order valence-electron chi connectivity index (χ4n) is 3.63. The van der Waals surface area contributed by atoms with Crippen molar-refractivity contribution in [3.8, 4) is 0 Å². The predicted molar refractivity (Wildman–Crippen MR) is 87.4 cm³/mol. The van der Waals surface area contributed by atoms with Crippen molar-refractivity contribution < 1.29 is 9.53 Å². The number of morpholine rings is 1. The molecular weight excluding hydrogens is 313 g/mol. The van der Waals surface area contributed by atoms with E-state index in [0.717, 1.165) is 58.8 Å². The first-order valence-corrected chi connectivity index (χ1v) is 7.59. The Morgan fingerprint density at radius 3 is 2.52 bits per heavy atom. The van der Waals surface area contributed by atoms with Crippen LogP contribution in [0.15, 0.2) is 0 Å². The zero-order chi connectivity index (χ0) is 13.2. The number of ether oxygens (including phenoxy) is 1. The van der Waals surface area contributed by atoms with E-state index in [0.29, 0.717) is 17.9 Å². The Balaban J connectivity index is 0.00000110. The number of nitrogens with one attached hydrogen (secondary N) is 1. The summed E-state index contributed by atoms with van der Waals surface area (Å²) in [5.41, 5.74) is 0. The highest BCUT2D eigenvalue weighted by Crippen LogP contribution is 2.24. The smallest absolute Gasteiger partial charge is 0.239 e. The molecule has 1 N–H and O–H groups in total. The molecule has 2 unspecified atom stereocenters. The molecule has 0 aromatic heterocycles. The fourth-order valence-corrected chi connectivity index (χ4v) is 3.63. The molecule has 3 saturated heterocycles. The van der Waals surface area contributed by atoms with E-state index < -0.39 is 0 Å². The molecule has 7 heteroatoms. The first-order valence-electron chi connectivity index (χ1n) is 7.59. The van der Waals surface area contributed by atoms with Crippen LogP contribution in [0.5, 0.6) is 0 Å². The summed E-state index contributed by atoms with van der Waals surface area (Å²) >= 11 is 0. The lowest BCUT2D eigenvalue weighted by Gasteiger charge is -2.34. The molecule has 0 aliphatic carbocycles. The van der Waals surface area contributed by atoms with Crippen molar-refractivity contribution in [2.24, 2.45) is 5.92 Å². The highest BCUT2D eigenvalue weighted by Gasteiger charge is 2.38. The molecule has 0 bridgehead atoms. The van der Waals surface area contributed by atoms with Gasteiger partial charge >= 0.3 is 0 Å². The third kappa shape index (κ3) is 4.23. The summed E-state index contributed by atoms with van der Waals surface area (Å²) in [5.74, 6) is 0.892. The van der Waals surface area contributed by atoms with Gasteiger partial charge in [0.25, 0.3) is 0 Å². The maximum Gasteiger partial charge on any atom is 0.239 e. The number of hydrogen-bond donors (Lipinski definition) is 1. The van der Waals surface area contributed by atoms with E-state index in [2.05, 4.69) is 22.0 Å². The molecular formula is C14H27Cl2N3O2. The molecule has 3 heterocycles. The van der Waals surface area contributed by atoms with E-state index in [-0.39, 0.29) is 30.9 Å². The zero-order valence-corrected chi connectivity index (χ0v) is 14.3. The molecule has 1 amide bonds. The minimum atomic E-state index is 0. The van der Waals surface area contributed by atoms with Crippen LogP contribution in [0.2, 0.25) is 0 Å². The van der Waals surface area contributed by atoms with E-state index in [1.54, 1.807) is 0 Å². The minimum absolute atomic E-state index is 0. The van der Waals surface area contributed by atoms with Gasteiger partial charge in [0.05, 0.1) is 19.3 Å². The van der Waals surface area contributed by atoms with Gasteiger partial charge in [-0.15, -0.1) is 24.8 Å². The average Bonchev–Trinajstić information content (AvgIpc) is 3.08. The summed E-state index contributed by atoms with van der Waals surface area (Å²) < 4.78 is 5.42. The van der Waals surface area contributed by atoms with Gasteiger partial charge in [-0.05, 0) is 25.3 Å². The Hall–Kier alpha value is -0.0700. The van der Waals surface area contributed by atoms with Gasteiger partial charge in [0.15, 0.2) is 0 Å². The van der Waals surface area contributed by atoms with Crippen molar-refractivity contribution >= 4 is 30.7 Å². The predicted octanol–water partition coefficient (Wildman–Crippen LogP) is 0.761. The first-order chi connectivity index (χ1) is 9.25. The number of carbonyl (C=O) groups excluding carboxylic acids is 1. The van der Waals surface area contributed by atoms with Gasteiger partial charge in [-0.2, -0.15) is 0 Å². The summed E-state index contributed by atoms with van der Waals surface area (Å²) in [5, 5.41) is 3.32. The highest BCUT2D eigenvalue weighted by atomic mass is 35.5. The Kier molecular flexibility index (Phi) is 7.71. The Morgan fingerprint density at radius 2 is 1.90 bits per heavy atom. The molecule has 0 saturated carbocycles. The normalized spacial score (nSPS) is 33.4. The molecule has 5 nitrogen and oxygen atoms in total. The summed E-state index contributed by atoms with van der Waals surface area (Å²) in [7, 11) is 0. The molecule has 3 aliphatic heterocycles. The largest absolute Gasteiger partial charge is 0.379 e. The molecule has 21 heavy (non-hydrogen) atoms. The van der Waals surface area contributed by atoms with Crippen molar-refractivity contribution in [2.45, 2.75) is 31.8 Å². The minimum Gasteiger partial charge on any atom is -0.379 e. The topological polar surface area (TPSA) is 44.8 Å². The lowest BCUT2D eigenvalue weighted by atomic mass is 10.0. The number of hydrogen-bond acceptors (Lipinski definition) is 4. The molecule has 3 rings (SSSR count). The van der Waals surface area contributed by atoms with Crippen molar-refractivity contribution in [1.29, 1.82) is 0 Å². The summed E-state index contributed by atoms with van der Waals surface area (Å²) in [6.45, 7) is 8.78. The molecule has 0 radical (unpaired) electrons. The van der Waals surface area contributed by atoms with Crippen molar-refractivity contribution in [2.75, 3.05) is 45.9 Å². The number of likely N-dealkylation sites (tertiary alicyclic amines) is 1. The van der Waals surface area contributed by atoms with Crippen molar-refractivity contribution in [1.82, 2.24) is 15.1 Å². The van der Waals surface area contributed by atoms with Gasteiger partial charge in [0.2, 0.25) is 5.91 Å². The van der Waals surface area contributed by atoms with Crippen LogP contribution in [0.3, 0.4) is 0 Å². The Bertz CT molecular complexity index is 334.